The molecule has 1 atom stereocenters. The first-order chi connectivity index (χ1) is 7.47. The third-order valence-electron chi connectivity index (χ3n) is 2.80. The summed E-state index contributed by atoms with van der Waals surface area (Å²) in [4.78, 5) is 11.9. The van der Waals surface area contributed by atoms with Crippen molar-refractivity contribution in [1.82, 2.24) is 20.4 Å². The fourth-order valence-electron chi connectivity index (χ4n) is 1.54. The van der Waals surface area contributed by atoms with Crippen molar-refractivity contribution in [3.63, 3.8) is 0 Å². The molecule has 0 radical (unpaired) electrons. The molecule has 1 amide bonds. The average Bonchev–Trinajstić information content (AvgIpc) is 2.49. The molecule has 0 aliphatic heterocycles. The van der Waals surface area contributed by atoms with Crippen LogP contribution in [0.1, 0.15) is 28.7 Å². The predicted octanol–water partition coefficient (Wildman–Crippen LogP) is 0.375. The van der Waals surface area contributed by atoms with Gasteiger partial charge in [0.05, 0.1) is 11.3 Å². The number of carbonyl (C=O) groups excluding carboxylic acids is 1. The van der Waals surface area contributed by atoms with Crippen LogP contribution in [0.25, 0.3) is 0 Å². The van der Waals surface area contributed by atoms with E-state index in [-0.39, 0.29) is 11.9 Å². The van der Waals surface area contributed by atoms with Gasteiger partial charge in [0, 0.05) is 25.3 Å². The highest BCUT2D eigenvalue weighted by atomic mass is 16.1. The highest BCUT2D eigenvalue weighted by Gasteiger charge is 2.17. The summed E-state index contributed by atoms with van der Waals surface area (Å²) in [5.41, 5.74) is 2.35. The zero-order valence-corrected chi connectivity index (χ0v) is 10.6. The van der Waals surface area contributed by atoms with Crippen molar-refractivity contribution in [3.05, 3.63) is 17.0 Å². The first-order valence-corrected chi connectivity index (χ1v) is 5.43. The van der Waals surface area contributed by atoms with Crippen LogP contribution in [-0.4, -0.2) is 35.3 Å². The maximum absolute atomic E-state index is 11.9. The summed E-state index contributed by atoms with van der Waals surface area (Å²) < 4.78 is 1.73. The van der Waals surface area contributed by atoms with Crippen LogP contribution in [0.4, 0.5) is 0 Å². The smallest absolute Gasteiger partial charge is 0.255 e. The Balaban J connectivity index is 2.73. The Morgan fingerprint density at radius 3 is 2.56 bits per heavy atom. The van der Waals surface area contributed by atoms with Crippen molar-refractivity contribution >= 4 is 5.91 Å². The molecule has 0 aliphatic carbocycles. The zero-order valence-electron chi connectivity index (χ0n) is 10.6. The van der Waals surface area contributed by atoms with Crippen LogP contribution in [-0.2, 0) is 7.05 Å². The molecule has 16 heavy (non-hydrogen) atoms. The molecule has 1 rings (SSSR count). The Morgan fingerprint density at radius 1 is 1.50 bits per heavy atom. The van der Waals surface area contributed by atoms with Crippen LogP contribution in [0.5, 0.6) is 0 Å². The van der Waals surface area contributed by atoms with Gasteiger partial charge in [-0.2, -0.15) is 5.10 Å². The van der Waals surface area contributed by atoms with E-state index in [0.29, 0.717) is 12.1 Å². The highest BCUT2D eigenvalue weighted by molar-refractivity contribution is 5.96. The topological polar surface area (TPSA) is 58.9 Å². The second-order valence-electron chi connectivity index (χ2n) is 4.07. The fraction of sp³-hybridized carbons (Fsp3) is 0.636. The number of hydrogen-bond acceptors (Lipinski definition) is 3. The van der Waals surface area contributed by atoms with Crippen molar-refractivity contribution in [2.24, 2.45) is 7.05 Å². The Bertz CT molecular complexity index is 384. The van der Waals surface area contributed by atoms with Crippen molar-refractivity contribution in [2.45, 2.75) is 26.8 Å². The van der Waals surface area contributed by atoms with Gasteiger partial charge < -0.3 is 10.6 Å². The molecule has 5 nitrogen and oxygen atoms in total. The molecule has 5 heteroatoms. The normalized spacial score (nSPS) is 12.6. The van der Waals surface area contributed by atoms with Crippen LogP contribution in [0.2, 0.25) is 0 Å². The van der Waals surface area contributed by atoms with Gasteiger partial charge in [-0.15, -0.1) is 0 Å². The van der Waals surface area contributed by atoms with Gasteiger partial charge in [0.25, 0.3) is 5.91 Å². The van der Waals surface area contributed by atoms with E-state index in [1.165, 1.54) is 0 Å². The Hall–Kier alpha value is -1.36. The molecular weight excluding hydrogens is 204 g/mol. The number of nitrogens with zero attached hydrogens (tertiary/aromatic N) is 2. The van der Waals surface area contributed by atoms with Crippen LogP contribution < -0.4 is 10.6 Å². The van der Waals surface area contributed by atoms with Gasteiger partial charge in [-0.3, -0.25) is 9.48 Å². The molecule has 1 aromatic rings. The molecule has 90 valence electrons. The molecule has 1 aromatic heterocycles. The summed E-state index contributed by atoms with van der Waals surface area (Å²) >= 11 is 0. The number of likely N-dealkylation sites (N-methyl/N-ethyl adjacent to an activating group) is 1. The lowest BCUT2D eigenvalue weighted by atomic mass is 10.2. The quantitative estimate of drug-likeness (QED) is 0.777. The largest absolute Gasteiger partial charge is 0.350 e. The first-order valence-electron chi connectivity index (χ1n) is 5.43. The number of aryl methyl sites for hydroxylation is 2. The lowest BCUT2D eigenvalue weighted by Gasteiger charge is -2.11. The lowest BCUT2D eigenvalue weighted by Crippen LogP contribution is -2.37. The van der Waals surface area contributed by atoms with Crippen molar-refractivity contribution in [3.8, 4) is 0 Å². The maximum Gasteiger partial charge on any atom is 0.255 e. The second kappa shape index (κ2) is 5.12. The molecule has 0 fully saturated rings. The summed E-state index contributed by atoms with van der Waals surface area (Å²) in [6.07, 6.45) is 0. The molecule has 0 aliphatic rings. The maximum atomic E-state index is 11.9. The van der Waals surface area contributed by atoms with E-state index in [2.05, 4.69) is 15.7 Å². The number of nitrogens with one attached hydrogen (secondary N) is 2. The minimum absolute atomic E-state index is 0.0507. The number of hydrogen-bond donors (Lipinski definition) is 2. The summed E-state index contributed by atoms with van der Waals surface area (Å²) in [7, 11) is 3.72. The minimum Gasteiger partial charge on any atom is -0.350 e. The zero-order chi connectivity index (χ0) is 12.3. The molecule has 0 saturated carbocycles. The SMILES string of the molecule is CNC(C)CNC(=O)c1c(C)nn(C)c1C. The van der Waals surface area contributed by atoms with E-state index in [1.807, 2.05) is 34.9 Å². The standard InChI is InChI=1S/C11H20N4O/c1-7(12-4)6-13-11(16)10-8(2)14-15(5)9(10)3/h7,12H,6H2,1-5H3,(H,13,16). The molecule has 0 saturated heterocycles. The summed E-state index contributed by atoms with van der Waals surface area (Å²) in [6, 6.07) is 0.265. The molecule has 0 aromatic carbocycles. The monoisotopic (exact) mass is 224 g/mol. The van der Waals surface area contributed by atoms with E-state index in [9.17, 15) is 4.79 Å². The summed E-state index contributed by atoms with van der Waals surface area (Å²) in [5, 5.41) is 10.2. The van der Waals surface area contributed by atoms with Gasteiger partial charge in [0.2, 0.25) is 0 Å². The summed E-state index contributed by atoms with van der Waals surface area (Å²) in [6.45, 7) is 6.38. The Morgan fingerprint density at radius 2 is 2.12 bits per heavy atom. The van der Waals surface area contributed by atoms with E-state index < -0.39 is 0 Å². The van der Waals surface area contributed by atoms with Crippen LogP contribution in [0.15, 0.2) is 0 Å². The number of aromatic nitrogens is 2. The molecule has 1 heterocycles. The molecule has 0 bridgehead atoms. The second-order valence-corrected chi connectivity index (χ2v) is 4.07. The highest BCUT2D eigenvalue weighted by Crippen LogP contribution is 2.11. The number of rotatable bonds is 4. The van der Waals surface area contributed by atoms with E-state index in [1.54, 1.807) is 4.68 Å². The third-order valence-corrected chi connectivity index (χ3v) is 2.80. The molecular formula is C11H20N4O. The van der Waals surface area contributed by atoms with Gasteiger partial charge in [-0.25, -0.2) is 0 Å². The van der Waals surface area contributed by atoms with Crippen LogP contribution >= 0.6 is 0 Å². The van der Waals surface area contributed by atoms with Gasteiger partial charge >= 0.3 is 0 Å². The van der Waals surface area contributed by atoms with Crippen LogP contribution in [0, 0.1) is 13.8 Å². The molecule has 2 N–H and O–H groups in total. The average molecular weight is 224 g/mol. The molecule has 0 spiro atoms. The number of amides is 1. The Labute approximate surface area is 96.2 Å². The lowest BCUT2D eigenvalue weighted by molar-refractivity contribution is 0.0949. The van der Waals surface area contributed by atoms with Gasteiger partial charge in [-0.05, 0) is 27.8 Å². The van der Waals surface area contributed by atoms with Gasteiger partial charge in [-0.1, -0.05) is 0 Å². The Kier molecular flexibility index (Phi) is 4.06. The van der Waals surface area contributed by atoms with E-state index >= 15 is 0 Å². The first kappa shape index (κ1) is 12.7. The molecule has 1 unspecified atom stereocenters. The van der Waals surface area contributed by atoms with Gasteiger partial charge in [0.15, 0.2) is 0 Å². The number of carbonyl (C=O) groups is 1. The van der Waals surface area contributed by atoms with Crippen LogP contribution in [0.3, 0.4) is 0 Å². The summed E-state index contributed by atoms with van der Waals surface area (Å²) in [5.74, 6) is -0.0507. The van der Waals surface area contributed by atoms with E-state index in [0.717, 1.165) is 11.4 Å². The van der Waals surface area contributed by atoms with Crippen molar-refractivity contribution in [2.75, 3.05) is 13.6 Å². The van der Waals surface area contributed by atoms with Crippen molar-refractivity contribution in [1.29, 1.82) is 0 Å². The van der Waals surface area contributed by atoms with Gasteiger partial charge in [0.1, 0.15) is 0 Å². The predicted molar refractivity (Wildman–Crippen MR) is 63.5 cm³/mol. The minimum atomic E-state index is -0.0507. The fourth-order valence-corrected chi connectivity index (χ4v) is 1.54. The van der Waals surface area contributed by atoms with E-state index in [4.69, 9.17) is 0 Å². The third kappa shape index (κ3) is 2.61. The van der Waals surface area contributed by atoms with Crippen molar-refractivity contribution < 1.29 is 4.79 Å².